The van der Waals surface area contributed by atoms with Crippen LogP contribution in [-0.4, -0.2) is 70.0 Å². The van der Waals surface area contributed by atoms with E-state index in [0.717, 1.165) is 39.1 Å². The average Bonchev–Trinajstić information content (AvgIpc) is 2.47. The third-order valence-electron chi connectivity index (χ3n) is 3.95. The minimum atomic E-state index is -0.498. The van der Waals surface area contributed by atoms with Crippen molar-refractivity contribution in [1.82, 2.24) is 19.8 Å². The maximum absolute atomic E-state index is 10.6. The molecule has 122 valence electrons. The quantitative estimate of drug-likeness (QED) is 0.624. The molecule has 0 atom stereocenters. The first-order valence-electron chi connectivity index (χ1n) is 7.51. The summed E-state index contributed by atoms with van der Waals surface area (Å²) >= 11 is 0. The molecule has 2 rings (SSSR count). The monoisotopic (exact) mass is 308 g/mol. The maximum atomic E-state index is 10.6. The van der Waals surface area contributed by atoms with E-state index in [-0.39, 0.29) is 11.2 Å². The van der Waals surface area contributed by atoms with Gasteiger partial charge in [-0.25, -0.2) is 9.97 Å². The number of likely N-dealkylation sites (N-methyl/N-ethyl adjacent to an activating group) is 1. The summed E-state index contributed by atoms with van der Waals surface area (Å²) in [6, 6.07) is 0. The Bertz CT molecular complexity index is 497. The number of nitrogens with one attached hydrogen (secondary N) is 1. The van der Waals surface area contributed by atoms with Gasteiger partial charge in [-0.15, -0.1) is 0 Å². The Hall–Kier alpha value is -1.80. The Labute approximate surface area is 130 Å². The molecule has 0 saturated carbocycles. The summed E-state index contributed by atoms with van der Waals surface area (Å²) in [6.45, 7) is 9.61. The van der Waals surface area contributed by atoms with E-state index >= 15 is 0 Å². The summed E-state index contributed by atoms with van der Waals surface area (Å²) in [6.07, 6.45) is 3.41. The molecule has 1 aromatic heterocycles. The van der Waals surface area contributed by atoms with E-state index in [1.165, 1.54) is 12.4 Å². The van der Waals surface area contributed by atoms with Crippen LogP contribution in [0.15, 0.2) is 12.4 Å². The molecule has 8 nitrogen and oxygen atoms in total. The van der Waals surface area contributed by atoms with Gasteiger partial charge in [-0.2, -0.15) is 0 Å². The van der Waals surface area contributed by atoms with Crippen LogP contribution in [0.1, 0.15) is 20.3 Å². The Morgan fingerprint density at radius 2 is 1.86 bits per heavy atom. The normalized spacial score (nSPS) is 17.4. The lowest BCUT2D eigenvalue weighted by Gasteiger charge is -2.35. The van der Waals surface area contributed by atoms with Crippen molar-refractivity contribution in [2.24, 2.45) is 0 Å². The lowest BCUT2D eigenvalue weighted by Crippen LogP contribution is -2.46. The zero-order chi connectivity index (χ0) is 16.2. The standard InChI is InChI=1S/C14H24N6O2/c1-14(2,4-5-19-8-6-18(3)7-9-19)17-13-15-10-12(11-16-13)20(21)22/h10-11H,4-9H2,1-3H3,(H,15,16,17). The Kier molecular flexibility index (Phi) is 5.25. The minimum absolute atomic E-state index is 0.0965. The van der Waals surface area contributed by atoms with Crippen LogP contribution in [0.25, 0.3) is 0 Å². The van der Waals surface area contributed by atoms with Crippen molar-refractivity contribution in [3.05, 3.63) is 22.5 Å². The Morgan fingerprint density at radius 3 is 2.41 bits per heavy atom. The van der Waals surface area contributed by atoms with Crippen LogP contribution in [0.2, 0.25) is 0 Å². The van der Waals surface area contributed by atoms with E-state index in [2.05, 4.69) is 46.0 Å². The molecule has 1 aromatic rings. The lowest BCUT2D eigenvalue weighted by molar-refractivity contribution is -0.385. The maximum Gasteiger partial charge on any atom is 0.305 e. The van der Waals surface area contributed by atoms with Crippen molar-refractivity contribution in [2.75, 3.05) is 45.1 Å². The van der Waals surface area contributed by atoms with Gasteiger partial charge >= 0.3 is 5.69 Å². The predicted molar refractivity (Wildman–Crippen MR) is 84.9 cm³/mol. The van der Waals surface area contributed by atoms with Crippen LogP contribution in [0.3, 0.4) is 0 Å². The van der Waals surface area contributed by atoms with Gasteiger partial charge in [-0.05, 0) is 27.3 Å². The van der Waals surface area contributed by atoms with Gasteiger partial charge in [-0.1, -0.05) is 0 Å². The molecule has 1 N–H and O–H groups in total. The van der Waals surface area contributed by atoms with E-state index in [1.54, 1.807) is 0 Å². The number of anilines is 1. The largest absolute Gasteiger partial charge is 0.349 e. The number of rotatable bonds is 6. The molecule has 0 bridgehead atoms. The van der Waals surface area contributed by atoms with Crippen LogP contribution in [-0.2, 0) is 0 Å². The zero-order valence-corrected chi connectivity index (χ0v) is 13.4. The fourth-order valence-corrected chi connectivity index (χ4v) is 2.35. The van der Waals surface area contributed by atoms with Crippen molar-refractivity contribution in [2.45, 2.75) is 25.8 Å². The molecule has 22 heavy (non-hydrogen) atoms. The molecule has 2 heterocycles. The first-order valence-corrected chi connectivity index (χ1v) is 7.51. The summed E-state index contributed by atoms with van der Waals surface area (Å²) in [5.74, 6) is 0.425. The third-order valence-corrected chi connectivity index (χ3v) is 3.95. The van der Waals surface area contributed by atoms with E-state index < -0.39 is 4.92 Å². The van der Waals surface area contributed by atoms with Gasteiger partial charge in [0.15, 0.2) is 0 Å². The molecule has 0 spiro atoms. The molecule has 1 saturated heterocycles. The topological polar surface area (TPSA) is 87.4 Å². The predicted octanol–water partition coefficient (Wildman–Crippen LogP) is 1.21. The van der Waals surface area contributed by atoms with Crippen LogP contribution in [0, 0.1) is 10.1 Å². The molecule has 1 aliphatic heterocycles. The van der Waals surface area contributed by atoms with Crippen molar-refractivity contribution in [3.8, 4) is 0 Å². The molecule has 0 aromatic carbocycles. The fraction of sp³-hybridized carbons (Fsp3) is 0.714. The van der Waals surface area contributed by atoms with E-state index in [1.807, 2.05) is 0 Å². The summed E-state index contributed by atoms with van der Waals surface area (Å²) in [4.78, 5) is 22.9. The van der Waals surface area contributed by atoms with Crippen molar-refractivity contribution < 1.29 is 4.92 Å². The molecular weight excluding hydrogens is 284 g/mol. The average molecular weight is 308 g/mol. The van der Waals surface area contributed by atoms with Crippen LogP contribution < -0.4 is 5.32 Å². The second-order valence-electron chi connectivity index (χ2n) is 6.43. The molecule has 0 radical (unpaired) electrons. The first kappa shape index (κ1) is 16.6. The molecule has 1 fully saturated rings. The van der Waals surface area contributed by atoms with Crippen LogP contribution in [0.4, 0.5) is 11.6 Å². The van der Waals surface area contributed by atoms with Gasteiger partial charge in [-0.3, -0.25) is 10.1 Å². The number of piperazine rings is 1. The van der Waals surface area contributed by atoms with Crippen molar-refractivity contribution >= 4 is 11.6 Å². The van der Waals surface area contributed by atoms with Gasteiger partial charge < -0.3 is 15.1 Å². The number of nitro groups is 1. The highest BCUT2D eigenvalue weighted by Crippen LogP contribution is 2.17. The summed E-state index contributed by atoms with van der Waals surface area (Å²) in [7, 11) is 2.15. The number of hydrogen-bond acceptors (Lipinski definition) is 7. The third kappa shape index (κ3) is 4.88. The SMILES string of the molecule is CN1CCN(CCC(C)(C)Nc2ncc([N+](=O)[O-])cn2)CC1. The molecule has 8 heteroatoms. The van der Waals surface area contributed by atoms with Crippen LogP contribution in [0.5, 0.6) is 0 Å². The first-order chi connectivity index (χ1) is 10.4. The highest BCUT2D eigenvalue weighted by atomic mass is 16.6. The van der Waals surface area contributed by atoms with Crippen LogP contribution >= 0.6 is 0 Å². The molecular formula is C14H24N6O2. The molecule has 0 amide bonds. The molecule has 1 aliphatic rings. The lowest BCUT2D eigenvalue weighted by atomic mass is 10.0. The zero-order valence-electron chi connectivity index (χ0n) is 13.4. The smallest absolute Gasteiger partial charge is 0.305 e. The number of nitrogens with zero attached hydrogens (tertiary/aromatic N) is 5. The van der Waals surface area contributed by atoms with Crippen molar-refractivity contribution in [3.63, 3.8) is 0 Å². The second-order valence-corrected chi connectivity index (χ2v) is 6.43. The summed E-state index contributed by atoms with van der Waals surface area (Å²) in [5.41, 5.74) is -0.264. The van der Waals surface area contributed by atoms with Gasteiger partial charge in [0.25, 0.3) is 0 Å². The second kappa shape index (κ2) is 6.97. The summed E-state index contributed by atoms with van der Waals surface area (Å²) in [5, 5.41) is 13.8. The van der Waals surface area contributed by atoms with E-state index in [4.69, 9.17) is 0 Å². The van der Waals surface area contributed by atoms with E-state index in [0.29, 0.717) is 5.95 Å². The Morgan fingerprint density at radius 1 is 1.27 bits per heavy atom. The number of hydrogen-bond donors (Lipinski definition) is 1. The van der Waals surface area contributed by atoms with Gasteiger partial charge in [0.05, 0.1) is 4.92 Å². The van der Waals surface area contributed by atoms with E-state index in [9.17, 15) is 10.1 Å². The fourth-order valence-electron chi connectivity index (χ4n) is 2.35. The van der Waals surface area contributed by atoms with Crippen molar-refractivity contribution in [1.29, 1.82) is 0 Å². The highest BCUT2D eigenvalue weighted by molar-refractivity contribution is 5.32. The Balaban J connectivity index is 1.83. The summed E-state index contributed by atoms with van der Waals surface area (Å²) < 4.78 is 0. The van der Waals surface area contributed by atoms with Gasteiger partial charge in [0.2, 0.25) is 5.95 Å². The van der Waals surface area contributed by atoms with Gasteiger partial charge in [0.1, 0.15) is 12.4 Å². The van der Waals surface area contributed by atoms with Gasteiger partial charge in [0, 0.05) is 38.3 Å². The highest BCUT2D eigenvalue weighted by Gasteiger charge is 2.22. The molecule has 0 aliphatic carbocycles. The minimum Gasteiger partial charge on any atom is -0.349 e. The number of aromatic nitrogens is 2. The molecule has 0 unspecified atom stereocenters.